The molecule has 2 aromatic rings. The Kier molecular flexibility index (Phi) is 2.88. The number of nitrogens with zero attached hydrogens (tertiary/aromatic N) is 2. The second-order valence-corrected chi connectivity index (χ2v) is 3.37. The molecule has 0 spiro atoms. The molecule has 84 valence electrons. The highest BCUT2D eigenvalue weighted by Crippen LogP contribution is 2.20. The third-order valence-corrected chi connectivity index (χ3v) is 2.14. The Hall–Kier alpha value is -2.61. The van der Waals surface area contributed by atoms with Crippen LogP contribution >= 0.6 is 0 Å². The number of pyridine rings is 1. The number of rotatable bonds is 2. The van der Waals surface area contributed by atoms with E-state index >= 15 is 0 Å². The summed E-state index contributed by atoms with van der Waals surface area (Å²) in [6.45, 7) is 0. The molecule has 0 unspecified atom stereocenters. The van der Waals surface area contributed by atoms with Crippen molar-refractivity contribution in [2.24, 2.45) is 0 Å². The zero-order chi connectivity index (χ0) is 12.3. The molecular weight excluding hydrogens is 219 g/mol. The van der Waals surface area contributed by atoms with Crippen LogP contribution < -0.4 is 11.1 Å². The van der Waals surface area contributed by atoms with Crippen molar-refractivity contribution in [3.05, 3.63) is 47.8 Å². The van der Waals surface area contributed by atoms with Crippen LogP contribution in [0.25, 0.3) is 0 Å². The first-order valence-electron chi connectivity index (χ1n) is 4.88. The van der Waals surface area contributed by atoms with Crippen LogP contribution in [0.4, 0.5) is 21.7 Å². The van der Waals surface area contributed by atoms with Crippen molar-refractivity contribution in [2.45, 2.75) is 0 Å². The summed E-state index contributed by atoms with van der Waals surface area (Å²) < 4.78 is 12.9. The molecule has 3 N–H and O–H groups in total. The Morgan fingerprint density at radius 2 is 2.12 bits per heavy atom. The maximum absolute atomic E-state index is 12.9. The third kappa shape index (κ3) is 2.49. The van der Waals surface area contributed by atoms with Crippen LogP contribution in [0.3, 0.4) is 0 Å². The highest BCUT2D eigenvalue weighted by atomic mass is 19.1. The van der Waals surface area contributed by atoms with E-state index in [0.717, 1.165) is 6.07 Å². The number of hydrogen-bond donors (Lipinski definition) is 2. The van der Waals surface area contributed by atoms with Crippen molar-refractivity contribution in [1.82, 2.24) is 4.98 Å². The minimum Gasteiger partial charge on any atom is -0.384 e. The van der Waals surface area contributed by atoms with Crippen molar-refractivity contribution < 1.29 is 4.39 Å². The molecule has 0 radical (unpaired) electrons. The summed E-state index contributed by atoms with van der Waals surface area (Å²) in [7, 11) is 0. The number of halogens is 1. The van der Waals surface area contributed by atoms with Gasteiger partial charge in [0.2, 0.25) is 0 Å². The van der Waals surface area contributed by atoms with Crippen LogP contribution in [0.15, 0.2) is 36.4 Å². The van der Waals surface area contributed by atoms with Gasteiger partial charge < -0.3 is 11.1 Å². The van der Waals surface area contributed by atoms with Crippen LogP contribution in [0, 0.1) is 17.1 Å². The minimum absolute atomic E-state index is 0.217. The van der Waals surface area contributed by atoms with Gasteiger partial charge in [0, 0.05) is 0 Å². The molecule has 0 atom stereocenters. The third-order valence-electron chi connectivity index (χ3n) is 2.14. The molecule has 5 heteroatoms. The fourth-order valence-corrected chi connectivity index (χ4v) is 1.38. The van der Waals surface area contributed by atoms with Crippen molar-refractivity contribution in [3.63, 3.8) is 0 Å². The predicted octanol–water partition coefficient (Wildman–Crippen LogP) is 2.42. The molecule has 0 aliphatic carbocycles. The number of nitrogens with one attached hydrogen (secondary N) is 1. The average molecular weight is 228 g/mol. The molecule has 2 rings (SSSR count). The molecule has 0 aliphatic heterocycles. The molecule has 0 aliphatic rings. The zero-order valence-electron chi connectivity index (χ0n) is 8.81. The Balaban J connectivity index is 2.34. The van der Waals surface area contributed by atoms with Gasteiger partial charge in [-0.3, -0.25) is 0 Å². The molecule has 17 heavy (non-hydrogen) atoms. The van der Waals surface area contributed by atoms with Crippen molar-refractivity contribution in [1.29, 1.82) is 5.26 Å². The number of nitrogens with two attached hydrogens (primary N) is 1. The predicted molar refractivity (Wildman–Crippen MR) is 63.0 cm³/mol. The molecule has 4 nitrogen and oxygen atoms in total. The Morgan fingerprint density at radius 1 is 1.29 bits per heavy atom. The lowest BCUT2D eigenvalue weighted by atomic mass is 10.2. The lowest BCUT2D eigenvalue weighted by Gasteiger charge is -2.07. The van der Waals surface area contributed by atoms with Crippen molar-refractivity contribution in [3.8, 4) is 6.07 Å². The second kappa shape index (κ2) is 4.49. The highest BCUT2D eigenvalue weighted by Gasteiger charge is 2.04. The van der Waals surface area contributed by atoms with Crippen LogP contribution in [-0.2, 0) is 0 Å². The number of benzene rings is 1. The standard InChI is InChI=1S/C12H9FN4/c13-9-4-5-10(8(6-9)7-14)16-12-3-1-2-11(15)17-12/h1-6H,(H3,15,16,17). The smallest absolute Gasteiger partial charge is 0.132 e. The number of nitrogen functional groups attached to an aromatic ring is 1. The summed E-state index contributed by atoms with van der Waals surface area (Å²) in [5.74, 6) is 0.427. The maximum atomic E-state index is 12.9. The Bertz CT molecular complexity index is 589. The maximum Gasteiger partial charge on any atom is 0.132 e. The van der Waals surface area contributed by atoms with E-state index in [4.69, 9.17) is 11.0 Å². The topological polar surface area (TPSA) is 74.7 Å². The van der Waals surface area contributed by atoms with Gasteiger partial charge >= 0.3 is 0 Å². The molecule has 0 saturated carbocycles. The second-order valence-electron chi connectivity index (χ2n) is 3.37. The lowest BCUT2D eigenvalue weighted by molar-refractivity contribution is 0.627. The molecule has 1 aromatic heterocycles. The first-order valence-corrected chi connectivity index (χ1v) is 4.88. The van der Waals surface area contributed by atoms with E-state index in [1.165, 1.54) is 12.1 Å². The van der Waals surface area contributed by atoms with Crippen molar-refractivity contribution >= 4 is 17.3 Å². The van der Waals surface area contributed by atoms with E-state index < -0.39 is 5.82 Å². The first-order chi connectivity index (χ1) is 8.19. The number of aromatic nitrogens is 1. The van der Waals surface area contributed by atoms with Crippen LogP contribution in [0.5, 0.6) is 0 Å². The summed E-state index contributed by atoms with van der Waals surface area (Å²) in [6, 6.07) is 10.9. The number of hydrogen-bond acceptors (Lipinski definition) is 4. The number of anilines is 3. The van der Waals surface area contributed by atoms with Gasteiger partial charge in [0.1, 0.15) is 23.5 Å². The molecule has 0 bridgehead atoms. The lowest BCUT2D eigenvalue weighted by Crippen LogP contribution is -1.98. The van der Waals surface area contributed by atoms with Gasteiger partial charge in [-0.1, -0.05) is 6.07 Å². The zero-order valence-corrected chi connectivity index (χ0v) is 8.81. The molecule has 0 amide bonds. The van der Waals surface area contributed by atoms with Gasteiger partial charge in [0.25, 0.3) is 0 Å². The van der Waals surface area contributed by atoms with E-state index in [0.29, 0.717) is 17.3 Å². The van der Waals surface area contributed by atoms with Gasteiger partial charge in [-0.25, -0.2) is 9.37 Å². The summed E-state index contributed by atoms with van der Waals surface area (Å²) in [5.41, 5.74) is 6.24. The summed E-state index contributed by atoms with van der Waals surface area (Å²) in [4.78, 5) is 4.03. The van der Waals surface area contributed by atoms with E-state index in [1.807, 2.05) is 6.07 Å². The van der Waals surface area contributed by atoms with Gasteiger partial charge in [0.15, 0.2) is 0 Å². The van der Waals surface area contributed by atoms with Crippen LogP contribution in [0.1, 0.15) is 5.56 Å². The van der Waals surface area contributed by atoms with Gasteiger partial charge in [0.05, 0.1) is 11.3 Å². The van der Waals surface area contributed by atoms with E-state index in [2.05, 4.69) is 10.3 Å². The van der Waals surface area contributed by atoms with Gasteiger partial charge in [-0.05, 0) is 30.3 Å². The van der Waals surface area contributed by atoms with E-state index in [9.17, 15) is 4.39 Å². The normalized spacial score (nSPS) is 9.65. The summed E-state index contributed by atoms with van der Waals surface area (Å²) in [6.07, 6.45) is 0. The Labute approximate surface area is 97.5 Å². The minimum atomic E-state index is -0.451. The van der Waals surface area contributed by atoms with Gasteiger partial charge in [-0.2, -0.15) is 5.26 Å². The van der Waals surface area contributed by atoms with Crippen LogP contribution in [0.2, 0.25) is 0 Å². The largest absolute Gasteiger partial charge is 0.384 e. The van der Waals surface area contributed by atoms with E-state index in [-0.39, 0.29) is 5.56 Å². The molecule has 1 aromatic carbocycles. The summed E-state index contributed by atoms with van der Waals surface area (Å²) in [5, 5.41) is 11.8. The molecule has 0 fully saturated rings. The molecule has 0 saturated heterocycles. The molecular formula is C12H9FN4. The summed E-state index contributed by atoms with van der Waals surface area (Å²) >= 11 is 0. The molecule has 1 heterocycles. The van der Waals surface area contributed by atoms with Crippen molar-refractivity contribution in [2.75, 3.05) is 11.1 Å². The average Bonchev–Trinajstić information content (AvgIpc) is 2.31. The highest BCUT2D eigenvalue weighted by molar-refractivity contribution is 5.65. The monoisotopic (exact) mass is 228 g/mol. The SMILES string of the molecule is N#Cc1cc(F)ccc1Nc1cccc(N)n1. The fraction of sp³-hybridized carbons (Fsp3) is 0. The Morgan fingerprint density at radius 3 is 2.82 bits per heavy atom. The van der Waals surface area contributed by atoms with Gasteiger partial charge in [-0.15, -0.1) is 0 Å². The van der Waals surface area contributed by atoms with Crippen LogP contribution in [-0.4, -0.2) is 4.98 Å². The quantitative estimate of drug-likeness (QED) is 0.827. The first kappa shape index (κ1) is 10.9. The van der Waals surface area contributed by atoms with E-state index in [1.54, 1.807) is 18.2 Å². The fourth-order valence-electron chi connectivity index (χ4n) is 1.38. The number of nitriles is 1.